The van der Waals surface area contributed by atoms with Gasteiger partial charge in [0.05, 0.1) is 9.85 Å². The maximum Gasteiger partial charge on any atom is 0.420 e. The lowest BCUT2D eigenvalue weighted by Crippen LogP contribution is -2.08. The van der Waals surface area contributed by atoms with Crippen LogP contribution in [0.1, 0.15) is 5.56 Å². The second-order valence-electron chi connectivity index (χ2n) is 5.86. The van der Waals surface area contributed by atoms with Crippen LogP contribution in [0, 0.1) is 20.2 Å². The molecule has 0 fully saturated rings. The summed E-state index contributed by atoms with van der Waals surface area (Å²) in [4.78, 5) is 19.9. The largest absolute Gasteiger partial charge is 0.457 e. The van der Waals surface area contributed by atoms with Crippen LogP contribution in [-0.4, -0.2) is 9.85 Å². The summed E-state index contributed by atoms with van der Waals surface area (Å²) in [5.74, 6) is 0.0995. The first kappa shape index (κ1) is 20.6. The van der Waals surface area contributed by atoms with Gasteiger partial charge in [-0.3, -0.25) is 20.2 Å². The molecule has 0 aromatic heterocycles. The average Bonchev–Trinajstić information content (AvgIpc) is 2.69. The van der Waals surface area contributed by atoms with Crippen LogP contribution in [0.4, 0.5) is 24.5 Å². The van der Waals surface area contributed by atoms with Gasteiger partial charge >= 0.3 is 6.18 Å². The van der Waals surface area contributed by atoms with E-state index < -0.39 is 33.0 Å². The minimum atomic E-state index is -4.85. The van der Waals surface area contributed by atoms with Crippen molar-refractivity contribution in [3.05, 3.63) is 92.5 Å². The van der Waals surface area contributed by atoms with Gasteiger partial charge in [0.15, 0.2) is 0 Å². The molecule has 8 nitrogen and oxygen atoms in total. The number of alkyl halides is 3. The Morgan fingerprint density at radius 3 is 1.57 bits per heavy atom. The fourth-order valence-corrected chi connectivity index (χ4v) is 2.42. The number of rotatable bonds is 6. The van der Waals surface area contributed by atoms with Gasteiger partial charge in [-0.1, -0.05) is 0 Å². The maximum absolute atomic E-state index is 13.2. The van der Waals surface area contributed by atoms with E-state index in [0.717, 1.165) is 12.1 Å². The summed E-state index contributed by atoms with van der Waals surface area (Å²) in [5, 5.41) is 21.4. The van der Waals surface area contributed by atoms with Crippen molar-refractivity contribution in [2.75, 3.05) is 0 Å². The smallest absolute Gasteiger partial charge is 0.420 e. The average molecular weight is 420 g/mol. The highest BCUT2D eigenvalue weighted by Gasteiger charge is 2.36. The molecule has 0 N–H and O–H groups in total. The number of non-ortho nitro benzene ring substituents is 2. The molecule has 0 aliphatic rings. The Balaban J connectivity index is 1.77. The molecular weight excluding hydrogens is 409 g/mol. The van der Waals surface area contributed by atoms with E-state index in [1.807, 2.05) is 0 Å². The molecule has 0 saturated heterocycles. The Morgan fingerprint density at radius 2 is 1.10 bits per heavy atom. The lowest BCUT2D eigenvalue weighted by atomic mass is 10.1. The predicted octanol–water partition coefficient (Wildman–Crippen LogP) is 6.11. The Morgan fingerprint density at radius 1 is 0.667 bits per heavy atom. The molecule has 3 aromatic rings. The van der Waals surface area contributed by atoms with Crippen molar-refractivity contribution in [2.24, 2.45) is 0 Å². The number of nitrogens with zero attached hydrogens (tertiary/aromatic N) is 2. The maximum atomic E-state index is 13.2. The quantitative estimate of drug-likeness (QED) is 0.352. The van der Waals surface area contributed by atoms with Crippen molar-refractivity contribution in [2.45, 2.75) is 6.18 Å². The van der Waals surface area contributed by atoms with Gasteiger partial charge in [-0.05, 0) is 42.5 Å². The van der Waals surface area contributed by atoms with Gasteiger partial charge < -0.3 is 9.47 Å². The Kier molecular flexibility index (Phi) is 5.54. The Labute approximate surface area is 166 Å². The van der Waals surface area contributed by atoms with Gasteiger partial charge in [0.2, 0.25) is 0 Å². The van der Waals surface area contributed by atoms with Crippen molar-refractivity contribution < 1.29 is 32.5 Å². The van der Waals surface area contributed by atoms with Crippen LogP contribution in [0.5, 0.6) is 23.0 Å². The molecule has 0 spiro atoms. The third kappa shape index (κ3) is 4.82. The van der Waals surface area contributed by atoms with Gasteiger partial charge in [0.25, 0.3) is 11.4 Å². The first-order valence-corrected chi connectivity index (χ1v) is 8.19. The lowest BCUT2D eigenvalue weighted by molar-refractivity contribution is -0.385. The zero-order valence-electron chi connectivity index (χ0n) is 14.8. The Hall–Kier alpha value is -4.15. The summed E-state index contributed by atoms with van der Waals surface area (Å²) in [7, 11) is 0. The predicted molar refractivity (Wildman–Crippen MR) is 97.8 cm³/mol. The van der Waals surface area contributed by atoms with Gasteiger partial charge in [-0.2, -0.15) is 13.2 Å². The van der Waals surface area contributed by atoms with E-state index in [2.05, 4.69) is 0 Å². The van der Waals surface area contributed by atoms with Gasteiger partial charge in [-0.25, -0.2) is 0 Å². The van der Waals surface area contributed by atoms with E-state index in [-0.39, 0.29) is 11.4 Å². The van der Waals surface area contributed by atoms with Crippen LogP contribution >= 0.6 is 0 Å². The molecule has 0 aliphatic heterocycles. The summed E-state index contributed by atoms with van der Waals surface area (Å²) < 4.78 is 50.4. The molecule has 0 bridgehead atoms. The van der Waals surface area contributed by atoms with Crippen LogP contribution in [0.25, 0.3) is 0 Å². The van der Waals surface area contributed by atoms with Crippen LogP contribution in [0.3, 0.4) is 0 Å². The molecule has 3 aromatic carbocycles. The topological polar surface area (TPSA) is 105 Å². The second kappa shape index (κ2) is 8.07. The van der Waals surface area contributed by atoms with E-state index in [9.17, 15) is 33.4 Å². The highest BCUT2D eigenvalue weighted by molar-refractivity contribution is 5.48. The van der Waals surface area contributed by atoms with Crippen LogP contribution in [0.2, 0.25) is 0 Å². The summed E-state index contributed by atoms with van der Waals surface area (Å²) >= 11 is 0. The van der Waals surface area contributed by atoms with Crippen molar-refractivity contribution in [3.8, 4) is 23.0 Å². The van der Waals surface area contributed by atoms with E-state index in [0.29, 0.717) is 17.6 Å². The number of hydrogen-bond donors (Lipinski definition) is 0. The fraction of sp³-hybridized carbons (Fsp3) is 0.0526. The van der Waals surface area contributed by atoms with Gasteiger partial charge in [0, 0.05) is 24.3 Å². The Bertz CT molecular complexity index is 1080. The van der Waals surface area contributed by atoms with Crippen molar-refractivity contribution in [1.29, 1.82) is 0 Å². The monoisotopic (exact) mass is 420 g/mol. The zero-order valence-corrected chi connectivity index (χ0v) is 14.8. The normalized spacial score (nSPS) is 11.0. The number of benzene rings is 3. The molecule has 0 heterocycles. The minimum absolute atomic E-state index is 0.0467. The number of nitro groups is 2. The molecule has 0 radical (unpaired) electrons. The molecular formula is C19H11F3N2O6. The van der Waals surface area contributed by atoms with E-state index in [1.54, 1.807) is 0 Å². The highest BCUT2D eigenvalue weighted by atomic mass is 19.4. The number of halogens is 3. The SMILES string of the molecule is O=[N+]([O-])c1ccc(Oc2ccc(Oc3ccc([N+](=O)[O-])cc3C(F)(F)F)cc2)cc1. The van der Waals surface area contributed by atoms with Crippen molar-refractivity contribution in [3.63, 3.8) is 0 Å². The molecule has 0 amide bonds. The molecule has 11 heteroatoms. The van der Waals surface area contributed by atoms with E-state index in [4.69, 9.17) is 9.47 Å². The molecule has 3 rings (SSSR count). The molecule has 0 saturated carbocycles. The van der Waals surface area contributed by atoms with Gasteiger partial charge in [-0.15, -0.1) is 0 Å². The highest BCUT2D eigenvalue weighted by Crippen LogP contribution is 2.40. The summed E-state index contributed by atoms with van der Waals surface area (Å²) in [6, 6.07) is 13.1. The van der Waals surface area contributed by atoms with Crippen molar-refractivity contribution >= 4 is 11.4 Å². The summed E-state index contributed by atoms with van der Waals surface area (Å²) in [5.41, 5.74) is -2.08. The number of nitro benzene ring substituents is 2. The standard InChI is InChI=1S/C19H11F3N2O6/c20-19(21,22)17-11-13(24(27)28)3-10-18(17)30-16-8-6-15(7-9-16)29-14-4-1-12(2-5-14)23(25)26/h1-11H. The zero-order chi connectivity index (χ0) is 21.9. The van der Waals surface area contributed by atoms with Crippen LogP contribution in [0.15, 0.2) is 66.7 Å². The molecule has 0 unspecified atom stereocenters. The first-order valence-electron chi connectivity index (χ1n) is 8.19. The fourth-order valence-electron chi connectivity index (χ4n) is 2.42. The second-order valence-corrected chi connectivity index (χ2v) is 5.86. The first-order chi connectivity index (χ1) is 14.1. The van der Waals surface area contributed by atoms with Crippen molar-refractivity contribution in [1.82, 2.24) is 0 Å². The third-order valence-corrected chi connectivity index (χ3v) is 3.81. The third-order valence-electron chi connectivity index (χ3n) is 3.81. The van der Waals surface area contributed by atoms with E-state index in [1.165, 1.54) is 48.5 Å². The van der Waals surface area contributed by atoms with Crippen LogP contribution < -0.4 is 9.47 Å². The summed E-state index contributed by atoms with van der Waals surface area (Å²) in [6.45, 7) is 0. The van der Waals surface area contributed by atoms with Gasteiger partial charge in [0.1, 0.15) is 28.6 Å². The number of hydrogen-bond acceptors (Lipinski definition) is 6. The molecule has 0 aliphatic carbocycles. The van der Waals surface area contributed by atoms with E-state index >= 15 is 0 Å². The molecule has 30 heavy (non-hydrogen) atoms. The molecule has 154 valence electrons. The minimum Gasteiger partial charge on any atom is -0.457 e. The molecule has 0 atom stereocenters. The summed E-state index contributed by atoms with van der Waals surface area (Å²) in [6.07, 6.45) is -4.85. The number of ether oxygens (including phenoxy) is 2. The lowest BCUT2D eigenvalue weighted by Gasteiger charge is -2.14. The van der Waals surface area contributed by atoms with Crippen LogP contribution in [-0.2, 0) is 6.18 Å².